The molecule has 5 heteroatoms. The molecule has 5 nitrogen and oxygen atoms in total. The molecule has 0 aliphatic rings. The third-order valence-corrected chi connectivity index (χ3v) is 1.21. The number of hydrogen-bond acceptors (Lipinski definition) is 4. The molecule has 0 aliphatic carbocycles. The summed E-state index contributed by atoms with van der Waals surface area (Å²) in [6, 6.07) is 0. The Bertz CT molecular complexity index is 256. The minimum Gasteiger partial charge on any atom is -0.363 e. The van der Waals surface area contributed by atoms with Crippen LogP contribution >= 0.6 is 0 Å². The second-order valence-corrected chi connectivity index (χ2v) is 2.17. The minimum atomic E-state index is -0.217. The predicted octanol–water partition coefficient (Wildman–Crippen LogP) is 0.592. The van der Waals surface area contributed by atoms with Crippen molar-refractivity contribution >= 4 is 17.9 Å². The molecule has 1 aromatic heterocycles. The number of aromatic nitrogens is 1. The molecule has 12 heavy (non-hydrogen) atoms. The first-order chi connectivity index (χ1) is 5.83. The fraction of sp³-hybridized carbons (Fsp3) is 0.286. The Morgan fingerprint density at radius 1 is 1.75 bits per heavy atom. The first-order valence-corrected chi connectivity index (χ1v) is 3.46. The molecule has 64 valence electrons. The zero-order chi connectivity index (χ0) is 8.81. The van der Waals surface area contributed by atoms with Gasteiger partial charge in [-0.3, -0.25) is 4.79 Å². The van der Waals surface area contributed by atoms with Crippen LogP contribution in [0.3, 0.4) is 0 Å². The first kappa shape index (κ1) is 8.45. The maximum Gasteiger partial charge on any atom is 0.224 e. The third kappa shape index (κ3) is 2.53. The highest BCUT2D eigenvalue weighted by atomic mass is 16.5. The lowest BCUT2D eigenvalue weighted by Gasteiger charge is -1.96. The highest BCUT2D eigenvalue weighted by Gasteiger charge is 2.02. The van der Waals surface area contributed by atoms with E-state index in [-0.39, 0.29) is 18.7 Å². The van der Waals surface area contributed by atoms with Crippen molar-refractivity contribution in [3.8, 4) is 0 Å². The van der Waals surface area contributed by atoms with E-state index in [2.05, 4.69) is 15.0 Å². The van der Waals surface area contributed by atoms with Crippen molar-refractivity contribution < 1.29 is 14.1 Å². The SMILES string of the molecule is O=CCCC(=O)Nc1cnoc1. The molecule has 1 aromatic rings. The van der Waals surface area contributed by atoms with Gasteiger partial charge in [-0.15, -0.1) is 0 Å². The second-order valence-electron chi connectivity index (χ2n) is 2.17. The lowest BCUT2D eigenvalue weighted by atomic mass is 10.3. The molecule has 0 aromatic carbocycles. The molecule has 0 radical (unpaired) electrons. The number of aldehydes is 1. The summed E-state index contributed by atoms with van der Waals surface area (Å²) in [5, 5.41) is 5.90. The summed E-state index contributed by atoms with van der Waals surface area (Å²) >= 11 is 0. The van der Waals surface area contributed by atoms with Gasteiger partial charge in [-0.25, -0.2) is 0 Å². The van der Waals surface area contributed by atoms with Crippen LogP contribution in [-0.4, -0.2) is 17.4 Å². The van der Waals surface area contributed by atoms with Crippen molar-refractivity contribution in [2.75, 3.05) is 5.32 Å². The molecule has 0 atom stereocenters. The average molecular weight is 168 g/mol. The summed E-state index contributed by atoms with van der Waals surface area (Å²) in [5.41, 5.74) is 0.505. The van der Waals surface area contributed by atoms with Gasteiger partial charge in [-0.2, -0.15) is 0 Å². The molecule has 0 saturated heterocycles. The summed E-state index contributed by atoms with van der Waals surface area (Å²) in [6.07, 6.45) is 3.83. The van der Waals surface area contributed by atoms with Crippen molar-refractivity contribution in [3.63, 3.8) is 0 Å². The fourth-order valence-electron chi connectivity index (χ4n) is 0.680. The van der Waals surface area contributed by atoms with E-state index in [1.54, 1.807) is 0 Å². The van der Waals surface area contributed by atoms with Crippen molar-refractivity contribution in [2.45, 2.75) is 12.8 Å². The van der Waals surface area contributed by atoms with E-state index < -0.39 is 0 Å². The molecule has 1 amide bonds. The third-order valence-electron chi connectivity index (χ3n) is 1.21. The Hall–Kier alpha value is -1.65. The van der Waals surface area contributed by atoms with Crippen LogP contribution in [0, 0.1) is 0 Å². The first-order valence-electron chi connectivity index (χ1n) is 3.46. The van der Waals surface area contributed by atoms with Crippen LogP contribution in [0.25, 0.3) is 0 Å². The number of rotatable bonds is 4. The van der Waals surface area contributed by atoms with E-state index in [1.807, 2.05) is 0 Å². The van der Waals surface area contributed by atoms with E-state index in [0.29, 0.717) is 12.0 Å². The monoisotopic (exact) mass is 168 g/mol. The molecule has 0 aliphatic heterocycles. The minimum absolute atomic E-state index is 0.189. The van der Waals surface area contributed by atoms with Gasteiger partial charge in [-0.1, -0.05) is 5.16 Å². The van der Waals surface area contributed by atoms with Gasteiger partial charge < -0.3 is 14.6 Å². The summed E-state index contributed by atoms with van der Waals surface area (Å²) in [7, 11) is 0. The van der Waals surface area contributed by atoms with Gasteiger partial charge in [0.15, 0.2) is 0 Å². The van der Waals surface area contributed by atoms with E-state index in [1.165, 1.54) is 12.5 Å². The number of nitrogens with zero attached hydrogens (tertiary/aromatic N) is 1. The summed E-state index contributed by atoms with van der Waals surface area (Å²) in [4.78, 5) is 20.8. The highest BCUT2D eigenvalue weighted by molar-refractivity contribution is 5.91. The highest BCUT2D eigenvalue weighted by Crippen LogP contribution is 2.03. The molecule has 1 heterocycles. The number of carbonyl (C=O) groups excluding carboxylic acids is 2. The van der Waals surface area contributed by atoms with Gasteiger partial charge in [0.2, 0.25) is 5.91 Å². The maximum atomic E-state index is 10.9. The van der Waals surface area contributed by atoms with Crippen LogP contribution in [0.5, 0.6) is 0 Å². The molecule has 1 N–H and O–H groups in total. The van der Waals surface area contributed by atoms with Crippen LogP contribution in [-0.2, 0) is 9.59 Å². The van der Waals surface area contributed by atoms with Gasteiger partial charge in [0, 0.05) is 12.8 Å². The fourth-order valence-corrected chi connectivity index (χ4v) is 0.680. The largest absolute Gasteiger partial charge is 0.363 e. The van der Waals surface area contributed by atoms with Gasteiger partial charge in [0.1, 0.15) is 18.2 Å². The number of hydrogen-bond donors (Lipinski definition) is 1. The van der Waals surface area contributed by atoms with Crippen LogP contribution in [0.2, 0.25) is 0 Å². The van der Waals surface area contributed by atoms with E-state index >= 15 is 0 Å². The molecular formula is C7H8N2O3. The number of amides is 1. The second kappa shape index (κ2) is 4.27. The standard InChI is InChI=1S/C7H8N2O3/c10-3-1-2-7(11)9-6-4-8-12-5-6/h3-5H,1-2H2,(H,9,11). The zero-order valence-electron chi connectivity index (χ0n) is 6.32. The molecule has 1 rings (SSSR count). The molecule has 0 saturated carbocycles. The Morgan fingerprint density at radius 3 is 3.17 bits per heavy atom. The normalized spacial score (nSPS) is 9.33. The lowest BCUT2D eigenvalue weighted by Crippen LogP contribution is -2.10. The molecular weight excluding hydrogens is 160 g/mol. The van der Waals surface area contributed by atoms with Crippen LogP contribution < -0.4 is 5.32 Å². The van der Waals surface area contributed by atoms with Crippen molar-refractivity contribution in [2.24, 2.45) is 0 Å². The molecule has 0 unspecified atom stereocenters. The Morgan fingerprint density at radius 2 is 2.58 bits per heavy atom. The lowest BCUT2D eigenvalue weighted by molar-refractivity contribution is -0.118. The topological polar surface area (TPSA) is 72.2 Å². The van der Waals surface area contributed by atoms with Crippen molar-refractivity contribution in [3.05, 3.63) is 12.5 Å². The van der Waals surface area contributed by atoms with Crippen molar-refractivity contribution in [1.82, 2.24) is 5.16 Å². The Balaban J connectivity index is 2.32. The number of carbonyl (C=O) groups is 2. The number of nitrogens with one attached hydrogen (secondary N) is 1. The molecule has 0 fully saturated rings. The zero-order valence-corrected chi connectivity index (χ0v) is 6.32. The Kier molecular flexibility index (Phi) is 3.01. The van der Waals surface area contributed by atoms with Crippen LogP contribution in [0.4, 0.5) is 5.69 Å². The van der Waals surface area contributed by atoms with E-state index in [9.17, 15) is 9.59 Å². The van der Waals surface area contributed by atoms with E-state index in [4.69, 9.17) is 0 Å². The van der Waals surface area contributed by atoms with E-state index in [0.717, 1.165) is 0 Å². The van der Waals surface area contributed by atoms with Crippen LogP contribution in [0.15, 0.2) is 17.0 Å². The maximum absolute atomic E-state index is 10.9. The number of anilines is 1. The smallest absolute Gasteiger partial charge is 0.224 e. The van der Waals surface area contributed by atoms with Crippen LogP contribution in [0.1, 0.15) is 12.8 Å². The summed E-state index contributed by atoms with van der Waals surface area (Å²) in [6.45, 7) is 0. The van der Waals surface area contributed by atoms with Gasteiger partial charge >= 0.3 is 0 Å². The molecule has 0 bridgehead atoms. The summed E-state index contributed by atoms with van der Waals surface area (Å²) < 4.78 is 4.49. The predicted molar refractivity (Wildman–Crippen MR) is 40.4 cm³/mol. The Labute approximate surface area is 68.7 Å². The van der Waals surface area contributed by atoms with Gasteiger partial charge in [0.25, 0.3) is 0 Å². The molecule has 0 spiro atoms. The van der Waals surface area contributed by atoms with Crippen molar-refractivity contribution in [1.29, 1.82) is 0 Å². The van der Waals surface area contributed by atoms with Gasteiger partial charge in [0.05, 0.1) is 6.20 Å². The summed E-state index contributed by atoms with van der Waals surface area (Å²) in [5.74, 6) is -0.217. The van der Waals surface area contributed by atoms with Gasteiger partial charge in [-0.05, 0) is 0 Å². The average Bonchev–Trinajstić information content (AvgIpc) is 2.53. The quantitative estimate of drug-likeness (QED) is 0.668.